The Kier molecular flexibility index (Phi) is 7.05. The zero-order valence-electron chi connectivity index (χ0n) is 12.9. The summed E-state index contributed by atoms with van der Waals surface area (Å²) in [5.41, 5.74) is 2.00. The first-order valence-electron chi connectivity index (χ1n) is 7.66. The van der Waals surface area contributed by atoms with E-state index in [0.717, 1.165) is 36.1 Å². The molecule has 126 valence electrons. The molecule has 1 aliphatic heterocycles. The molecular weight excluding hydrogens is 336 g/mol. The van der Waals surface area contributed by atoms with Crippen LogP contribution in [0.1, 0.15) is 24.8 Å². The number of carboxylic acid groups (broad SMARTS) is 1. The highest BCUT2D eigenvalue weighted by Crippen LogP contribution is 2.29. The molecule has 0 atom stereocenters. The summed E-state index contributed by atoms with van der Waals surface area (Å²) in [6, 6.07) is 5.80. The average molecular weight is 357 g/mol. The number of hydrogen-bond acceptors (Lipinski definition) is 4. The van der Waals surface area contributed by atoms with E-state index in [1.54, 1.807) is 0 Å². The van der Waals surface area contributed by atoms with Crippen molar-refractivity contribution < 1.29 is 14.7 Å². The van der Waals surface area contributed by atoms with Crippen LogP contribution in [-0.4, -0.2) is 41.6 Å². The molecule has 0 aromatic heterocycles. The van der Waals surface area contributed by atoms with Gasteiger partial charge >= 0.3 is 5.97 Å². The summed E-state index contributed by atoms with van der Waals surface area (Å²) < 4.78 is 0. The average Bonchev–Trinajstić information content (AvgIpc) is 2.54. The van der Waals surface area contributed by atoms with Crippen LogP contribution in [0.2, 0.25) is 5.02 Å². The largest absolute Gasteiger partial charge is 0.481 e. The minimum Gasteiger partial charge on any atom is -0.481 e. The van der Waals surface area contributed by atoms with Gasteiger partial charge in [-0.3, -0.25) is 9.59 Å². The molecule has 0 bridgehead atoms. The van der Waals surface area contributed by atoms with Crippen LogP contribution in [0, 0.1) is 0 Å². The Morgan fingerprint density at radius 3 is 2.65 bits per heavy atom. The first-order chi connectivity index (χ1) is 11.1. The van der Waals surface area contributed by atoms with Gasteiger partial charge in [0.15, 0.2) is 0 Å². The summed E-state index contributed by atoms with van der Waals surface area (Å²) >= 11 is 7.40. The van der Waals surface area contributed by atoms with Crippen molar-refractivity contribution in [3.8, 4) is 0 Å². The number of carboxylic acids is 1. The van der Waals surface area contributed by atoms with Crippen LogP contribution in [0.15, 0.2) is 18.2 Å². The molecule has 1 aliphatic rings. The molecule has 7 heteroatoms. The predicted molar refractivity (Wildman–Crippen MR) is 94.3 cm³/mol. The lowest BCUT2D eigenvalue weighted by molar-refractivity contribution is -0.133. The second kappa shape index (κ2) is 9.03. The van der Waals surface area contributed by atoms with E-state index in [0.29, 0.717) is 11.6 Å². The van der Waals surface area contributed by atoms with Crippen molar-refractivity contribution in [3.05, 3.63) is 28.8 Å². The standard InChI is InChI=1S/C16H21ClN2O3S/c17-13-5-4-6-14(19-7-2-1-3-8-19)12(13)9-18-15(20)10-23-11-16(21)22/h4-6H,1-3,7-11H2,(H,18,20)(H,21,22). The number of anilines is 1. The highest BCUT2D eigenvalue weighted by atomic mass is 35.5. The van der Waals surface area contributed by atoms with E-state index in [1.165, 1.54) is 19.3 Å². The molecule has 1 aromatic carbocycles. The van der Waals surface area contributed by atoms with Gasteiger partial charge < -0.3 is 15.3 Å². The van der Waals surface area contributed by atoms with E-state index in [1.807, 2.05) is 18.2 Å². The van der Waals surface area contributed by atoms with Crippen molar-refractivity contribution in [3.63, 3.8) is 0 Å². The Bertz CT molecular complexity index is 562. The number of amides is 1. The van der Waals surface area contributed by atoms with Gasteiger partial charge in [0, 0.05) is 35.9 Å². The highest BCUT2D eigenvalue weighted by Gasteiger charge is 2.16. The van der Waals surface area contributed by atoms with Crippen molar-refractivity contribution in [2.24, 2.45) is 0 Å². The molecule has 0 saturated carbocycles. The third-order valence-corrected chi connectivity index (χ3v) is 4.98. The number of nitrogens with zero attached hydrogens (tertiary/aromatic N) is 1. The molecule has 1 fully saturated rings. The van der Waals surface area contributed by atoms with Gasteiger partial charge in [0.2, 0.25) is 5.91 Å². The number of halogens is 1. The molecule has 2 N–H and O–H groups in total. The van der Waals surface area contributed by atoms with Crippen LogP contribution in [0.5, 0.6) is 0 Å². The third kappa shape index (κ3) is 5.62. The van der Waals surface area contributed by atoms with E-state index < -0.39 is 5.97 Å². The maximum absolute atomic E-state index is 11.8. The molecule has 5 nitrogen and oxygen atoms in total. The molecule has 2 rings (SSSR count). The minimum absolute atomic E-state index is 0.0709. The molecule has 0 radical (unpaired) electrons. The van der Waals surface area contributed by atoms with E-state index in [-0.39, 0.29) is 17.4 Å². The second-order valence-corrected chi connectivity index (χ2v) is 6.84. The lowest BCUT2D eigenvalue weighted by Gasteiger charge is -2.31. The number of benzene rings is 1. The highest BCUT2D eigenvalue weighted by molar-refractivity contribution is 8.00. The molecule has 1 saturated heterocycles. The number of aliphatic carboxylic acids is 1. The van der Waals surface area contributed by atoms with Gasteiger partial charge in [-0.15, -0.1) is 11.8 Å². The van der Waals surface area contributed by atoms with Crippen molar-refractivity contribution in [1.82, 2.24) is 5.32 Å². The quantitative estimate of drug-likeness (QED) is 0.786. The van der Waals surface area contributed by atoms with E-state index in [2.05, 4.69) is 10.2 Å². The van der Waals surface area contributed by atoms with Crippen molar-refractivity contribution in [2.75, 3.05) is 29.5 Å². The van der Waals surface area contributed by atoms with Gasteiger partial charge in [-0.1, -0.05) is 17.7 Å². The lowest BCUT2D eigenvalue weighted by Crippen LogP contribution is -2.32. The van der Waals surface area contributed by atoms with E-state index in [9.17, 15) is 9.59 Å². The van der Waals surface area contributed by atoms with E-state index >= 15 is 0 Å². The van der Waals surface area contributed by atoms with Crippen LogP contribution in [0.3, 0.4) is 0 Å². The van der Waals surface area contributed by atoms with Crippen LogP contribution in [0.4, 0.5) is 5.69 Å². The molecule has 0 spiro atoms. The van der Waals surface area contributed by atoms with Crippen LogP contribution in [-0.2, 0) is 16.1 Å². The summed E-state index contributed by atoms with van der Waals surface area (Å²) in [4.78, 5) is 24.6. The fourth-order valence-electron chi connectivity index (χ4n) is 2.62. The Balaban J connectivity index is 1.95. The summed E-state index contributed by atoms with van der Waals surface area (Å²) in [5, 5.41) is 12.0. The SMILES string of the molecule is O=C(O)CSCC(=O)NCc1c(Cl)cccc1N1CCCCC1. The molecule has 0 aliphatic carbocycles. The Morgan fingerprint density at radius 2 is 1.96 bits per heavy atom. The van der Waals surface area contributed by atoms with Crippen LogP contribution in [0.25, 0.3) is 0 Å². The molecular formula is C16H21ClN2O3S. The third-order valence-electron chi connectivity index (χ3n) is 3.71. The minimum atomic E-state index is -0.915. The topological polar surface area (TPSA) is 69.6 Å². The number of hydrogen-bond donors (Lipinski definition) is 2. The fourth-order valence-corrected chi connectivity index (χ4v) is 3.42. The normalized spacial score (nSPS) is 14.6. The molecule has 1 aromatic rings. The molecule has 1 amide bonds. The first kappa shape index (κ1) is 17.9. The smallest absolute Gasteiger partial charge is 0.313 e. The van der Waals surface area contributed by atoms with Gasteiger partial charge in [-0.05, 0) is 31.4 Å². The molecule has 23 heavy (non-hydrogen) atoms. The van der Waals surface area contributed by atoms with Crippen molar-refractivity contribution in [1.29, 1.82) is 0 Å². The number of carbonyl (C=O) groups excluding carboxylic acids is 1. The van der Waals surface area contributed by atoms with Gasteiger partial charge in [-0.25, -0.2) is 0 Å². The van der Waals surface area contributed by atoms with Crippen LogP contribution < -0.4 is 10.2 Å². The van der Waals surface area contributed by atoms with Gasteiger partial charge in [0.1, 0.15) is 0 Å². The maximum Gasteiger partial charge on any atom is 0.313 e. The molecule has 1 heterocycles. The fraction of sp³-hybridized carbons (Fsp3) is 0.500. The summed E-state index contributed by atoms with van der Waals surface area (Å²) in [5.74, 6) is -1.03. The summed E-state index contributed by atoms with van der Waals surface area (Å²) in [7, 11) is 0. The second-order valence-electron chi connectivity index (χ2n) is 5.45. The zero-order valence-corrected chi connectivity index (χ0v) is 14.5. The summed E-state index contributed by atoms with van der Waals surface area (Å²) in [6.07, 6.45) is 3.60. The number of nitrogens with one attached hydrogen (secondary N) is 1. The first-order valence-corrected chi connectivity index (χ1v) is 9.20. The number of rotatable bonds is 7. The monoisotopic (exact) mass is 356 g/mol. The van der Waals surface area contributed by atoms with Crippen molar-refractivity contribution >= 4 is 40.9 Å². The van der Waals surface area contributed by atoms with Gasteiger partial charge in [0.05, 0.1) is 11.5 Å². The number of carbonyl (C=O) groups is 2. The zero-order chi connectivity index (χ0) is 16.7. The van der Waals surface area contributed by atoms with E-state index in [4.69, 9.17) is 16.7 Å². The lowest BCUT2D eigenvalue weighted by atomic mass is 10.1. The van der Waals surface area contributed by atoms with Crippen molar-refractivity contribution in [2.45, 2.75) is 25.8 Å². The number of piperidine rings is 1. The Morgan fingerprint density at radius 1 is 1.22 bits per heavy atom. The molecule has 0 unspecified atom stereocenters. The number of thioether (sulfide) groups is 1. The maximum atomic E-state index is 11.8. The Labute approximate surface area is 145 Å². The Hall–Kier alpha value is -1.40. The van der Waals surface area contributed by atoms with Gasteiger partial charge in [-0.2, -0.15) is 0 Å². The van der Waals surface area contributed by atoms with Crippen LogP contribution >= 0.6 is 23.4 Å². The predicted octanol–water partition coefficient (Wildman–Crippen LogP) is 2.76. The summed E-state index contributed by atoms with van der Waals surface area (Å²) in [6.45, 7) is 2.38. The van der Waals surface area contributed by atoms with Gasteiger partial charge in [0.25, 0.3) is 0 Å².